The van der Waals surface area contributed by atoms with Gasteiger partial charge in [0.2, 0.25) is 11.8 Å². The molecule has 4 nitrogen and oxygen atoms in total. The second-order valence-electron chi connectivity index (χ2n) is 2.71. The van der Waals surface area contributed by atoms with Gasteiger partial charge in [-0.3, -0.25) is 9.59 Å². The summed E-state index contributed by atoms with van der Waals surface area (Å²) in [6.07, 6.45) is 0.126. The smallest absolute Gasteiger partial charge is 0.248 e. The number of nitrogens with two attached hydrogens (primary N) is 2. The largest absolute Gasteiger partial charge is 0.369 e. The molecule has 0 bridgehead atoms. The number of primary amides is 2. The molecule has 4 N–H and O–H groups in total. The molecule has 0 atom stereocenters. The minimum atomic E-state index is -0.508. The number of carbonyl (C=O) groups is 2. The van der Waals surface area contributed by atoms with Crippen molar-refractivity contribution < 1.29 is 9.59 Å². The van der Waals surface area contributed by atoms with E-state index in [1.54, 1.807) is 24.3 Å². The number of benzene rings is 1. The van der Waals surface area contributed by atoms with Gasteiger partial charge in [-0.2, -0.15) is 0 Å². The van der Waals surface area contributed by atoms with E-state index in [4.69, 9.17) is 11.5 Å². The number of rotatable bonds is 3. The van der Waals surface area contributed by atoms with Gasteiger partial charge >= 0.3 is 0 Å². The zero-order valence-corrected chi connectivity index (χ0v) is 6.99. The van der Waals surface area contributed by atoms with E-state index in [1.807, 2.05) is 0 Å². The maximum atomic E-state index is 10.7. The molecule has 0 saturated carbocycles. The molecular formula is C9H10N2O2. The van der Waals surface area contributed by atoms with Crippen LogP contribution in [-0.4, -0.2) is 11.8 Å². The Bertz CT molecular complexity index is 347. The van der Waals surface area contributed by atoms with Gasteiger partial charge in [0.05, 0.1) is 6.42 Å². The average Bonchev–Trinajstić information content (AvgIpc) is 2.03. The molecule has 0 aliphatic carbocycles. The van der Waals surface area contributed by atoms with Crippen molar-refractivity contribution in [3.05, 3.63) is 35.4 Å². The van der Waals surface area contributed by atoms with E-state index in [0.717, 1.165) is 0 Å². The maximum absolute atomic E-state index is 10.7. The van der Waals surface area contributed by atoms with Crippen LogP contribution in [0.5, 0.6) is 0 Å². The second-order valence-corrected chi connectivity index (χ2v) is 2.71. The summed E-state index contributed by atoms with van der Waals surface area (Å²) in [4.78, 5) is 21.3. The van der Waals surface area contributed by atoms with Gasteiger partial charge in [-0.05, 0) is 17.7 Å². The number of hydrogen-bond acceptors (Lipinski definition) is 2. The Kier molecular flexibility index (Phi) is 2.64. The van der Waals surface area contributed by atoms with Gasteiger partial charge in [0.25, 0.3) is 0 Å². The van der Waals surface area contributed by atoms with Crippen molar-refractivity contribution in [2.75, 3.05) is 0 Å². The van der Waals surface area contributed by atoms with E-state index in [1.165, 1.54) is 0 Å². The Morgan fingerprint density at radius 1 is 1.23 bits per heavy atom. The van der Waals surface area contributed by atoms with E-state index in [-0.39, 0.29) is 6.42 Å². The first kappa shape index (κ1) is 9.25. The van der Waals surface area contributed by atoms with Crippen LogP contribution in [0.25, 0.3) is 0 Å². The molecule has 0 spiro atoms. The molecule has 0 saturated heterocycles. The van der Waals surface area contributed by atoms with Gasteiger partial charge in [-0.25, -0.2) is 0 Å². The van der Waals surface area contributed by atoms with Crippen LogP contribution >= 0.6 is 0 Å². The lowest BCUT2D eigenvalue weighted by molar-refractivity contribution is -0.117. The Hall–Kier alpha value is -1.84. The highest BCUT2D eigenvalue weighted by molar-refractivity contribution is 5.93. The zero-order valence-electron chi connectivity index (χ0n) is 6.99. The predicted octanol–water partition coefficient (Wildman–Crippen LogP) is -0.187. The Labute approximate surface area is 75.5 Å². The molecule has 0 fully saturated rings. The van der Waals surface area contributed by atoms with Crippen LogP contribution < -0.4 is 11.5 Å². The molecule has 0 aliphatic heterocycles. The Balaban J connectivity index is 2.91. The highest BCUT2D eigenvalue weighted by Gasteiger charge is 2.02. The third kappa shape index (κ3) is 2.59. The average molecular weight is 178 g/mol. The van der Waals surface area contributed by atoms with Crippen LogP contribution in [0.1, 0.15) is 15.9 Å². The molecule has 68 valence electrons. The minimum Gasteiger partial charge on any atom is -0.369 e. The molecule has 13 heavy (non-hydrogen) atoms. The van der Waals surface area contributed by atoms with Gasteiger partial charge in [-0.15, -0.1) is 0 Å². The highest BCUT2D eigenvalue weighted by Crippen LogP contribution is 2.04. The van der Waals surface area contributed by atoms with E-state index < -0.39 is 11.8 Å². The lowest BCUT2D eigenvalue weighted by atomic mass is 10.1. The predicted molar refractivity (Wildman–Crippen MR) is 47.9 cm³/mol. The Morgan fingerprint density at radius 2 is 1.92 bits per heavy atom. The first-order valence-corrected chi connectivity index (χ1v) is 3.76. The van der Waals surface area contributed by atoms with Crippen molar-refractivity contribution in [3.63, 3.8) is 0 Å². The van der Waals surface area contributed by atoms with Crippen LogP contribution in [0.15, 0.2) is 24.3 Å². The van der Waals surface area contributed by atoms with Crippen molar-refractivity contribution in [1.29, 1.82) is 0 Å². The fourth-order valence-electron chi connectivity index (χ4n) is 1.04. The van der Waals surface area contributed by atoms with E-state index in [9.17, 15) is 9.59 Å². The number of hydrogen-bond donors (Lipinski definition) is 2. The molecule has 0 aliphatic rings. The summed E-state index contributed by atoms with van der Waals surface area (Å²) in [7, 11) is 0. The lowest BCUT2D eigenvalue weighted by Crippen LogP contribution is -2.15. The summed E-state index contributed by atoms with van der Waals surface area (Å²) in [6, 6.07) is 6.54. The third-order valence-corrected chi connectivity index (χ3v) is 1.59. The maximum Gasteiger partial charge on any atom is 0.248 e. The van der Waals surface area contributed by atoms with Crippen LogP contribution in [0.2, 0.25) is 0 Å². The quantitative estimate of drug-likeness (QED) is 0.672. The summed E-state index contributed by atoms with van der Waals surface area (Å²) < 4.78 is 0. The third-order valence-electron chi connectivity index (χ3n) is 1.59. The molecule has 0 aromatic heterocycles. The normalized spacial score (nSPS) is 9.54. The molecule has 2 amide bonds. The summed E-state index contributed by atoms with van der Waals surface area (Å²) in [6.45, 7) is 0. The highest BCUT2D eigenvalue weighted by atomic mass is 16.1. The van der Waals surface area contributed by atoms with Crippen LogP contribution in [0.4, 0.5) is 0 Å². The molecule has 1 aromatic rings. The van der Waals surface area contributed by atoms with E-state index >= 15 is 0 Å². The topological polar surface area (TPSA) is 86.2 Å². The summed E-state index contributed by atoms with van der Waals surface area (Å²) in [5.41, 5.74) is 11.1. The van der Waals surface area contributed by atoms with Crippen molar-refractivity contribution >= 4 is 11.8 Å². The minimum absolute atomic E-state index is 0.126. The lowest BCUT2D eigenvalue weighted by Gasteiger charge is -1.99. The SMILES string of the molecule is NC(=O)Cc1cccc(C(N)=O)c1. The molecule has 4 heteroatoms. The molecule has 0 unspecified atom stereocenters. The first-order valence-electron chi connectivity index (χ1n) is 3.76. The van der Waals surface area contributed by atoms with Gasteiger partial charge in [0.1, 0.15) is 0 Å². The Morgan fingerprint density at radius 3 is 2.46 bits per heavy atom. The number of amides is 2. The van der Waals surface area contributed by atoms with Gasteiger partial charge in [0.15, 0.2) is 0 Å². The molecule has 0 heterocycles. The van der Waals surface area contributed by atoms with Gasteiger partial charge in [-0.1, -0.05) is 12.1 Å². The van der Waals surface area contributed by atoms with Gasteiger partial charge in [0, 0.05) is 5.56 Å². The summed E-state index contributed by atoms with van der Waals surface area (Å²) in [5.74, 6) is -0.937. The first-order chi connectivity index (χ1) is 6.09. The van der Waals surface area contributed by atoms with Crippen LogP contribution in [-0.2, 0) is 11.2 Å². The van der Waals surface area contributed by atoms with Crippen LogP contribution in [0, 0.1) is 0 Å². The van der Waals surface area contributed by atoms with Gasteiger partial charge < -0.3 is 11.5 Å². The van der Waals surface area contributed by atoms with Crippen molar-refractivity contribution in [2.24, 2.45) is 11.5 Å². The zero-order chi connectivity index (χ0) is 9.84. The fraction of sp³-hybridized carbons (Fsp3) is 0.111. The monoisotopic (exact) mass is 178 g/mol. The molecular weight excluding hydrogens is 168 g/mol. The van der Waals surface area contributed by atoms with E-state index in [2.05, 4.69) is 0 Å². The van der Waals surface area contributed by atoms with E-state index in [0.29, 0.717) is 11.1 Å². The fourth-order valence-corrected chi connectivity index (χ4v) is 1.04. The van der Waals surface area contributed by atoms with Crippen molar-refractivity contribution in [3.8, 4) is 0 Å². The number of carbonyl (C=O) groups excluding carboxylic acids is 2. The molecule has 1 aromatic carbocycles. The van der Waals surface area contributed by atoms with Crippen molar-refractivity contribution in [2.45, 2.75) is 6.42 Å². The summed E-state index contributed by atoms with van der Waals surface area (Å²) >= 11 is 0. The summed E-state index contributed by atoms with van der Waals surface area (Å²) in [5, 5.41) is 0. The second kappa shape index (κ2) is 3.71. The molecule has 0 radical (unpaired) electrons. The van der Waals surface area contributed by atoms with Crippen molar-refractivity contribution in [1.82, 2.24) is 0 Å². The standard InChI is InChI=1S/C9H10N2O2/c10-8(12)5-6-2-1-3-7(4-6)9(11)13/h1-4H,5H2,(H2,10,12)(H2,11,13). The molecule has 1 rings (SSSR count). The van der Waals surface area contributed by atoms with Crippen LogP contribution in [0.3, 0.4) is 0 Å².